The zero-order valence-corrected chi connectivity index (χ0v) is 14.5. The molecule has 1 saturated heterocycles. The number of carboxylic acids is 1. The Bertz CT molecular complexity index is 460. The topological polar surface area (TPSA) is 55.8 Å². The second-order valence-electron chi connectivity index (χ2n) is 6.73. The maximum Gasteiger partial charge on any atom is 0.303 e. The first-order valence-corrected chi connectivity index (χ1v) is 9.17. The van der Waals surface area contributed by atoms with E-state index in [9.17, 15) is 4.79 Å². The lowest BCUT2D eigenvalue weighted by molar-refractivity contribution is -0.137. The van der Waals surface area contributed by atoms with Crippen LogP contribution in [0.1, 0.15) is 50.5 Å². The number of carboxylic acid groups (broad SMARTS) is 1. The summed E-state index contributed by atoms with van der Waals surface area (Å²) in [6.07, 6.45) is 6.68. The molecule has 0 amide bonds. The van der Waals surface area contributed by atoms with E-state index in [2.05, 4.69) is 12.1 Å². The molecule has 0 aliphatic carbocycles. The second-order valence-corrected chi connectivity index (χ2v) is 6.73. The molecule has 24 heavy (non-hydrogen) atoms. The Morgan fingerprint density at radius 3 is 2.50 bits per heavy atom. The Labute approximate surface area is 145 Å². The molecule has 2 atom stereocenters. The molecule has 4 nitrogen and oxygen atoms in total. The third kappa shape index (κ3) is 7.45. The number of aliphatic carboxylic acids is 1. The molecule has 2 rings (SSSR count). The maximum absolute atomic E-state index is 10.5. The molecule has 1 fully saturated rings. The first-order chi connectivity index (χ1) is 11.8. The van der Waals surface area contributed by atoms with Crippen molar-refractivity contribution in [2.24, 2.45) is 11.8 Å². The highest BCUT2D eigenvalue weighted by atomic mass is 16.5. The van der Waals surface area contributed by atoms with Gasteiger partial charge in [-0.2, -0.15) is 0 Å². The Morgan fingerprint density at radius 2 is 1.75 bits per heavy atom. The van der Waals surface area contributed by atoms with Gasteiger partial charge in [0.2, 0.25) is 0 Å². The Kier molecular flexibility index (Phi) is 8.85. The predicted molar refractivity (Wildman–Crippen MR) is 93.9 cm³/mol. The van der Waals surface area contributed by atoms with Crippen LogP contribution in [0.2, 0.25) is 0 Å². The molecule has 0 saturated carbocycles. The summed E-state index contributed by atoms with van der Waals surface area (Å²) in [6.45, 7) is 3.21. The van der Waals surface area contributed by atoms with Crippen molar-refractivity contribution in [3.05, 3.63) is 35.9 Å². The van der Waals surface area contributed by atoms with E-state index >= 15 is 0 Å². The third-order valence-corrected chi connectivity index (χ3v) is 4.79. The van der Waals surface area contributed by atoms with Crippen molar-refractivity contribution in [2.45, 2.75) is 51.6 Å². The summed E-state index contributed by atoms with van der Waals surface area (Å²) in [5, 5.41) is 8.62. The molecule has 1 aromatic carbocycles. The van der Waals surface area contributed by atoms with Crippen LogP contribution in [0.15, 0.2) is 30.3 Å². The highest BCUT2D eigenvalue weighted by Gasteiger charge is 2.27. The van der Waals surface area contributed by atoms with E-state index in [-0.39, 0.29) is 0 Å². The van der Waals surface area contributed by atoms with E-state index < -0.39 is 5.97 Å². The molecule has 0 spiro atoms. The van der Waals surface area contributed by atoms with Gasteiger partial charge in [0.1, 0.15) is 0 Å². The highest BCUT2D eigenvalue weighted by Crippen LogP contribution is 2.28. The lowest BCUT2D eigenvalue weighted by atomic mass is 9.88. The predicted octanol–water partition coefficient (Wildman–Crippen LogP) is 4.28. The van der Waals surface area contributed by atoms with E-state index in [4.69, 9.17) is 14.6 Å². The molecular formula is C20H30O4. The van der Waals surface area contributed by atoms with Crippen LogP contribution in [0, 0.1) is 11.8 Å². The summed E-state index contributed by atoms with van der Waals surface area (Å²) in [5.41, 5.74) is 1.22. The maximum atomic E-state index is 10.5. The number of unbranched alkanes of at least 4 members (excludes halogenated alkanes) is 3. The SMILES string of the molecule is O=C(O)CCCCCCC1COCC1CCOCc1ccccc1. The average molecular weight is 334 g/mol. The molecule has 1 heterocycles. The fourth-order valence-corrected chi connectivity index (χ4v) is 3.32. The molecule has 1 aliphatic heterocycles. The molecule has 1 aliphatic rings. The van der Waals surface area contributed by atoms with Gasteiger partial charge >= 0.3 is 5.97 Å². The van der Waals surface area contributed by atoms with Crippen LogP contribution < -0.4 is 0 Å². The minimum absolute atomic E-state index is 0.300. The minimum Gasteiger partial charge on any atom is -0.481 e. The first-order valence-electron chi connectivity index (χ1n) is 9.17. The molecule has 2 unspecified atom stereocenters. The molecular weight excluding hydrogens is 304 g/mol. The van der Waals surface area contributed by atoms with Crippen LogP contribution in [-0.4, -0.2) is 30.9 Å². The number of benzene rings is 1. The molecule has 1 N–H and O–H groups in total. The molecule has 0 bridgehead atoms. The van der Waals surface area contributed by atoms with Crippen LogP contribution in [0.3, 0.4) is 0 Å². The smallest absolute Gasteiger partial charge is 0.303 e. The minimum atomic E-state index is -0.685. The fourth-order valence-electron chi connectivity index (χ4n) is 3.32. The quantitative estimate of drug-likeness (QED) is 0.580. The molecule has 0 aromatic heterocycles. The van der Waals surface area contributed by atoms with Gasteiger partial charge in [-0.3, -0.25) is 4.79 Å². The third-order valence-electron chi connectivity index (χ3n) is 4.79. The number of carbonyl (C=O) groups is 1. The molecule has 4 heteroatoms. The van der Waals surface area contributed by atoms with Crippen LogP contribution in [0.5, 0.6) is 0 Å². The van der Waals surface area contributed by atoms with Crippen LogP contribution in [0.25, 0.3) is 0 Å². The summed E-state index contributed by atoms with van der Waals surface area (Å²) < 4.78 is 11.5. The standard InChI is InChI=1S/C20H30O4/c21-20(22)11-7-2-1-6-10-18-15-24-16-19(18)12-13-23-14-17-8-4-3-5-9-17/h3-5,8-9,18-19H,1-2,6-7,10-16H2,(H,21,22). The molecule has 0 radical (unpaired) electrons. The van der Waals surface area contributed by atoms with Crippen LogP contribution in [0.4, 0.5) is 0 Å². The van der Waals surface area contributed by atoms with Crippen molar-refractivity contribution >= 4 is 5.97 Å². The number of ether oxygens (including phenoxy) is 2. The van der Waals surface area contributed by atoms with Gasteiger partial charge in [-0.1, -0.05) is 49.6 Å². The second kappa shape index (κ2) is 11.2. The first kappa shape index (κ1) is 18.9. The van der Waals surface area contributed by atoms with Gasteiger partial charge in [-0.25, -0.2) is 0 Å². The van der Waals surface area contributed by atoms with E-state index in [1.54, 1.807) is 0 Å². The number of rotatable bonds is 12. The summed E-state index contributed by atoms with van der Waals surface area (Å²) in [6, 6.07) is 10.3. The van der Waals surface area contributed by atoms with Gasteiger partial charge in [0.25, 0.3) is 0 Å². The van der Waals surface area contributed by atoms with Gasteiger partial charge in [0.05, 0.1) is 6.61 Å². The van der Waals surface area contributed by atoms with Crippen molar-refractivity contribution in [1.29, 1.82) is 0 Å². The van der Waals surface area contributed by atoms with Crippen molar-refractivity contribution in [2.75, 3.05) is 19.8 Å². The zero-order valence-electron chi connectivity index (χ0n) is 14.5. The van der Waals surface area contributed by atoms with Crippen molar-refractivity contribution < 1.29 is 19.4 Å². The van der Waals surface area contributed by atoms with Gasteiger partial charge in [0.15, 0.2) is 0 Å². The Balaban J connectivity index is 1.53. The summed E-state index contributed by atoms with van der Waals surface area (Å²) in [5.74, 6) is 0.569. The molecule has 134 valence electrons. The van der Waals surface area contributed by atoms with Crippen LogP contribution in [-0.2, 0) is 20.9 Å². The van der Waals surface area contributed by atoms with Crippen molar-refractivity contribution in [1.82, 2.24) is 0 Å². The lowest BCUT2D eigenvalue weighted by Crippen LogP contribution is -2.15. The summed E-state index contributed by atoms with van der Waals surface area (Å²) >= 11 is 0. The normalized spacial score (nSPS) is 20.3. The largest absolute Gasteiger partial charge is 0.481 e. The Morgan fingerprint density at radius 1 is 1.04 bits per heavy atom. The van der Waals surface area contributed by atoms with E-state index in [0.29, 0.717) is 24.9 Å². The van der Waals surface area contributed by atoms with Gasteiger partial charge in [0, 0.05) is 26.2 Å². The van der Waals surface area contributed by atoms with Gasteiger partial charge < -0.3 is 14.6 Å². The van der Waals surface area contributed by atoms with Gasteiger partial charge in [-0.15, -0.1) is 0 Å². The highest BCUT2D eigenvalue weighted by molar-refractivity contribution is 5.66. The summed E-state index contributed by atoms with van der Waals surface area (Å²) in [4.78, 5) is 10.5. The monoisotopic (exact) mass is 334 g/mol. The van der Waals surface area contributed by atoms with Gasteiger partial charge in [-0.05, 0) is 36.7 Å². The number of hydrogen-bond donors (Lipinski definition) is 1. The molecule has 1 aromatic rings. The lowest BCUT2D eigenvalue weighted by Gasteiger charge is -2.17. The van der Waals surface area contributed by atoms with Crippen molar-refractivity contribution in [3.63, 3.8) is 0 Å². The van der Waals surface area contributed by atoms with E-state index in [1.807, 2.05) is 18.2 Å². The number of hydrogen-bond acceptors (Lipinski definition) is 3. The van der Waals surface area contributed by atoms with Crippen molar-refractivity contribution in [3.8, 4) is 0 Å². The summed E-state index contributed by atoms with van der Waals surface area (Å²) in [7, 11) is 0. The Hall–Kier alpha value is -1.39. The van der Waals surface area contributed by atoms with Crippen LogP contribution >= 0.6 is 0 Å². The van der Waals surface area contributed by atoms with E-state index in [0.717, 1.165) is 45.5 Å². The average Bonchev–Trinajstić information content (AvgIpc) is 3.03. The zero-order chi connectivity index (χ0) is 17.0. The fraction of sp³-hybridized carbons (Fsp3) is 0.650. The van der Waals surface area contributed by atoms with E-state index in [1.165, 1.54) is 18.4 Å².